The summed E-state index contributed by atoms with van der Waals surface area (Å²) < 4.78 is 37.2. The summed E-state index contributed by atoms with van der Waals surface area (Å²) in [5.41, 5.74) is 0.931. The van der Waals surface area contributed by atoms with Crippen LogP contribution in [0.15, 0.2) is 42.2 Å². The number of nitrogens with one attached hydrogen (secondary N) is 1. The predicted molar refractivity (Wildman–Crippen MR) is 78.4 cm³/mol. The molecule has 0 heterocycles. The van der Waals surface area contributed by atoms with Gasteiger partial charge >= 0.3 is 6.18 Å². The molecule has 22 heavy (non-hydrogen) atoms. The molecular formula is C15H17F3N2O2. The SMILES string of the molecule is Cc1ccc(O)c(NC(=C\C(=O)C(F)(F)F)/C=C/N(C)C)c1. The zero-order valence-corrected chi connectivity index (χ0v) is 12.4. The number of aromatic hydroxyl groups is 1. The van der Waals surface area contributed by atoms with Crippen molar-refractivity contribution in [1.82, 2.24) is 4.90 Å². The summed E-state index contributed by atoms with van der Waals surface area (Å²) in [7, 11) is 3.37. The summed E-state index contributed by atoms with van der Waals surface area (Å²) in [4.78, 5) is 12.7. The number of benzene rings is 1. The van der Waals surface area contributed by atoms with E-state index in [2.05, 4.69) is 5.32 Å². The standard InChI is InChI=1S/C15H17F3N2O2/c1-10-4-5-13(21)12(8-10)19-11(6-7-20(2)3)9-14(22)15(16,17)18/h4-9,19,21H,1-3H3/b7-6+,11-9-. The number of nitrogens with zero attached hydrogens (tertiary/aromatic N) is 1. The van der Waals surface area contributed by atoms with Crippen LogP contribution in [0.1, 0.15) is 5.56 Å². The first kappa shape index (κ1) is 17.6. The van der Waals surface area contributed by atoms with Gasteiger partial charge in [-0.25, -0.2) is 0 Å². The number of ketones is 1. The smallest absolute Gasteiger partial charge is 0.454 e. The molecule has 0 aliphatic heterocycles. The lowest BCUT2D eigenvalue weighted by Crippen LogP contribution is -2.21. The highest BCUT2D eigenvalue weighted by Gasteiger charge is 2.36. The Kier molecular flexibility index (Phi) is 5.62. The number of hydrogen-bond donors (Lipinski definition) is 2. The van der Waals surface area contributed by atoms with Crippen LogP contribution in [0.5, 0.6) is 5.75 Å². The molecule has 0 radical (unpaired) electrons. The molecule has 0 amide bonds. The van der Waals surface area contributed by atoms with E-state index in [1.807, 2.05) is 0 Å². The molecule has 4 nitrogen and oxygen atoms in total. The van der Waals surface area contributed by atoms with Crippen molar-refractivity contribution in [2.75, 3.05) is 19.4 Å². The van der Waals surface area contributed by atoms with Crippen molar-refractivity contribution < 1.29 is 23.1 Å². The van der Waals surface area contributed by atoms with E-state index < -0.39 is 12.0 Å². The van der Waals surface area contributed by atoms with Gasteiger partial charge in [0, 0.05) is 32.1 Å². The lowest BCUT2D eigenvalue weighted by molar-refractivity contribution is -0.165. The molecule has 0 atom stereocenters. The first-order chi connectivity index (χ1) is 10.1. The van der Waals surface area contributed by atoms with Crippen LogP contribution in [-0.4, -0.2) is 36.1 Å². The maximum absolute atomic E-state index is 12.4. The van der Waals surface area contributed by atoms with Gasteiger partial charge in [-0.3, -0.25) is 4.79 Å². The van der Waals surface area contributed by atoms with Crippen LogP contribution in [-0.2, 0) is 4.79 Å². The molecule has 1 aromatic rings. The van der Waals surface area contributed by atoms with E-state index in [0.29, 0.717) is 6.08 Å². The van der Waals surface area contributed by atoms with Crippen LogP contribution in [0.4, 0.5) is 18.9 Å². The topological polar surface area (TPSA) is 52.6 Å². The predicted octanol–water partition coefficient (Wildman–Crippen LogP) is 3.20. The highest BCUT2D eigenvalue weighted by atomic mass is 19.4. The Balaban J connectivity index is 3.13. The van der Waals surface area contributed by atoms with Gasteiger partial charge in [0.05, 0.1) is 5.69 Å². The summed E-state index contributed by atoms with van der Waals surface area (Å²) >= 11 is 0. The van der Waals surface area contributed by atoms with E-state index in [1.54, 1.807) is 38.1 Å². The fourth-order valence-corrected chi connectivity index (χ4v) is 1.48. The van der Waals surface area contributed by atoms with Crippen LogP contribution >= 0.6 is 0 Å². The highest BCUT2D eigenvalue weighted by Crippen LogP contribution is 2.26. The molecule has 0 spiro atoms. The second-order valence-electron chi connectivity index (χ2n) is 4.89. The lowest BCUT2D eigenvalue weighted by Gasteiger charge is -2.12. The van der Waals surface area contributed by atoms with Crippen LogP contribution in [0, 0.1) is 6.92 Å². The Morgan fingerprint density at radius 2 is 1.95 bits per heavy atom. The number of rotatable bonds is 5. The number of alkyl halides is 3. The lowest BCUT2D eigenvalue weighted by atomic mass is 10.2. The van der Waals surface area contributed by atoms with E-state index in [9.17, 15) is 23.1 Å². The van der Waals surface area contributed by atoms with Crippen LogP contribution in [0.2, 0.25) is 0 Å². The van der Waals surface area contributed by atoms with Gasteiger partial charge in [0.2, 0.25) is 0 Å². The van der Waals surface area contributed by atoms with Gasteiger partial charge < -0.3 is 15.3 Å². The quantitative estimate of drug-likeness (QED) is 0.498. The van der Waals surface area contributed by atoms with Crippen molar-refractivity contribution in [3.63, 3.8) is 0 Å². The third-order valence-electron chi connectivity index (χ3n) is 2.55. The number of phenols is 1. The molecule has 1 rings (SSSR count). The number of anilines is 1. The summed E-state index contributed by atoms with van der Waals surface area (Å²) in [6.07, 6.45) is -1.71. The molecule has 0 fully saturated rings. The fraction of sp³-hybridized carbons (Fsp3) is 0.267. The number of carbonyl (C=O) groups is 1. The van der Waals surface area contributed by atoms with E-state index in [4.69, 9.17) is 0 Å². The molecule has 0 saturated heterocycles. The van der Waals surface area contributed by atoms with Crippen molar-refractivity contribution in [3.8, 4) is 5.75 Å². The Hall–Kier alpha value is -2.44. The maximum atomic E-state index is 12.4. The van der Waals surface area contributed by atoms with Crippen molar-refractivity contribution in [1.29, 1.82) is 0 Å². The summed E-state index contributed by atoms with van der Waals surface area (Å²) in [6, 6.07) is 4.63. The van der Waals surface area contributed by atoms with Gasteiger partial charge in [-0.05, 0) is 30.7 Å². The second-order valence-corrected chi connectivity index (χ2v) is 4.89. The van der Waals surface area contributed by atoms with Gasteiger partial charge in [-0.2, -0.15) is 13.2 Å². The largest absolute Gasteiger partial charge is 0.506 e. The zero-order chi connectivity index (χ0) is 16.9. The first-order valence-electron chi connectivity index (χ1n) is 6.33. The Bertz CT molecular complexity index is 605. The number of aryl methyl sites for hydroxylation is 1. The molecule has 1 aromatic carbocycles. The van der Waals surface area contributed by atoms with Crippen molar-refractivity contribution in [3.05, 3.63) is 47.8 Å². The number of halogens is 3. The number of hydrogen-bond acceptors (Lipinski definition) is 4. The Morgan fingerprint density at radius 3 is 2.50 bits per heavy atom. The molecule has 0 unspecified atom stereocenters. The van der Waals surface area contributed by atoms with Gasteiger partial charge in [0.15, 0.2) is 0 Å². The highest BCUT2D eigenvalue weighted by molar-refractivity contribution is 5.95. The van der Waals surface area contributed by atoms with Crippen LogP contribution < -0.4 is 5.32 Å². The van der Waals surface area contributed by atoms with Gasteiger partial charge in [-0.1, -0.05) is 6.07 Å². The second kappa shape index (κ2) is 7.02. The molecule has 0 aliphatic rings. The zero-order valence-electron chi connectivity index (χ0n) is 12.4. The minimum absolute atomic E-state index is 0.0862. The molecule has 0 saturated carbocycles. The van der Waals surface area contributed by atoms with Crippen molar-refractivity contribution in [2.24, 2.45) is 0 Å². The Morgan fingerprint density at radius 1 is 1.32 bits per heavy atom. The first-order valence-corrected chi connectivity index (χ1v) is 6.33. The van der Waals surface area contributed by atoms with Crippen LogP contribution in [0.3, 0.4) is 0 Å². The molecule has 2 N–H and O–H groups in total. The van der Waals surface area contributed by atoms with Gasteiger partial charge in [-0.15, -0.1) is 0 Å². The number of allylic oxidation sites excluding steroid dienone is 2. The average Bonchev–Trinajstić information content (AvgIpc) is 2.38. The minimum atomic E-state index is -4.95. The molecule has 0 aliphatic carbocycles. The third-order valence-corrected chi connectivity index (χ3v) is 2.55. The van der Waals surface area contributed by atoms with Crippen LogP contribution in [0.25, 0.3) is 0 Å². The average molecular weight is 314 g/mol. The summed E-state index contributed by atoms with van der Waals surface area (Å²) in [6.45, 7) is 1.77. The summed E-state index contributed by atoms with van der Waals surface area (Å²) in [5, 5.41) is 12.3. The molecule has 120 valence electrons. The number of phenolic OH excluding ortho intramolecular Hbond substituents is 1. The Labute approximate surface area is 126 Å². The normalized spacial score (nSPS) is 12.5. The number of carbonyl (C=O) groups excluding carboxylic acids is 1. The van der Waals surface area contributed by atoms with Gasteiger partial charge in [0.25, 0.3) is 5.78 Å². The minimum Gasteiger partial charge on any atom is -0.506 e. The monoisotopic (exact) mass is 314 g/mol. The van der Waals surface area contributed by atoms with Gasteiger partial charge in [0.1, 0.15) is 5.75 Å². The molecular weight excluding hydrogens is 297 g/mol. The van der Waals surface area contributed by atoms with E-state index in [-0.39, 0.29) is 17.1 Å². The van der Waals surface area contributed by atoms with Crippen molar-refractivity contribution in [2.45, 2.75) is 13.1 Å². The van der Waals surface area contributed by atoms with E-state index in [1.165, 1.54) is 18.3 Å². The van der Waals surface area contributed by atoms with E-state index in [0.717, 1.165) is 5.56 Å². The third kappa shape index (κ3) is 5.51. The molecule has 0 aromatic heterocycles. The fourth-order valence-electron chi connectivity index (χ4n) is 1.48. The maximum Gasteiger partial charge on any atom is 0.454 e. The summed E-state index contributed by atoms with van der Waals surface area (Å²) in [5.74, 6) is -2.11. The molecule has 0 bridgehead atoms. The molecule has 7 heteroatoms. The van der Waals surface area contributed by atoms with E-state index >= 15 is 0 Å². The van der Waals surface area contributed by atoms with Crippen molar-refractivity contribution >= 4 is 11.5 Å².